The topological polar surface area (TPSA) is 93.2 Å². The number of nitrogens with one attached hydrogen (secondary N) is 2. The second-order valence-corrected chi connectivity index (χ2v) is 6.17. The molecule has 0 unspecified atom stereocenters. The van der Waals surface area contributed by atoms with E-state index < -0.39 is 5.97 Å². The Labute approximate surface area is 162 Å². The van der Waals surface area contributed by atoms with Gasteiger partial charge in [0.15, 0.2) is 11.5 Å². The third-order valence-electron chi connectivity index (χ3n) is 4.05. The van der Waals surface area contributed by atoms with E-state index in [2.05, 4.69) is 25.6 Å². The van der Waals surface area contributed by atoms with Crippen molar-refractivity contribution in [2.75, 3.05) is 12.4 Å². The van der Waals surface area contributed by atoms with Crippen molar-refractivity contribution in [1.82, 2.24) is 15.5 Å². The molecule has 0 aliphatic heterocycles. The van der Waals surface area contributed by atoms with Crippen molar-refractivity contribution in [1.29, 1.82) is 0 Å². The summed E-state index contributed by atoms with van der Waals surface area (Å²) in [6, 6.07) is 18.0. The summed E-state index contributed by atoms with van der Waals surface area (Å²) in [4.78, 5) is 23.6. The number of amides is 1. The lowest BCUT2D eigenvalue weighted by molar-refractivity contribution is 0.0600. The number of carbonyl (C=O) groups excluding carboxylic acids is 2. The number of ether oxygens (including phenoxy) is 1. The van der Waals surface area contributed by atoms with Gasteiger partial charge in [0, 0.05) is 12.2 Å². The zero-order valence-electron chi connectivity index (χ0n) is 15.6. The van der Waals surface area contributed by atoms with Gasteiger partial charge in [-0.05, 0) is 48.9 Å². The number of hydrogen-bond donors (Lipinski definition) is 2. The molecule has 1 aromatic heterocycles. The molecule has 3 rings (SSSR count). The number of esters is 1. The highest BCUT2D eigenvalue weighted by Gasteiger charge is 2.09. The molecule has 0 fully saturated rings. The lowest BCUT2D eigenvalue weighted by atomic mass is 10.1. The van der Waals surface area contributed by atoms with E-state index in [-0.39, 0.29) is 11.6 Å². The quantitative estimate of drug-likeness (QED) is 0.642. The molecule has 0 bridgehead atoms. The van der Waals surface area contributed by atoms with Crippen molar-refractivity contribution in [3.63, 3.8) is 0 Å². The molecule has 0 aliphatic carbocycles. The summed E-state index contributed by atoms with van der Waals surface area (Å²) < 4.78 is 4.66. The summed E-state index contributed by atoms with van der Waals surface area (Å²) in [6.07, 6.45) is 0. The Morgan fingerprint density at radius 3 is 2.25 bits per heavy atom. The molecular weight excluding hydrogens is 356 g/mol. The zero-order valence-corrected chi connectivity index (χ0v) is 15.6. The third-order valence-corrected chi connectivity index (χ3v) is 4.05. The molecule has 142 valence electrons. The SMILES string of the molecule is COC(=O)c1ccc(Nc2ccc(C(=O)NCc3ccc(C)cc3)nn2)cc1. The van der Waals surface area contributed by atoms with Gasteiger partial charge in [-0.3, -0.25) is 4.79 Å². The number of methoxy groups -OCH3 is 1. The van der Waals surface area contributed by atoms with Crippen molar-refractivity contribution in [3.05, 3.63) is 83.0 Å². The lowest BCUT2D eigenvalue weighted by Gasteiger charge is -2.07. The molecule has 1 heterocycles. The van der Waals surface area contributed by atoms with Gasteiger partial charge >= 0.3 is 5.97 Å². The van der Waals surface area contributed by atoms with E-state index in [0.29, 0.717) is 17.9 Å². The largest absolute Gasteiger partial charge is 0.465 e. The predicted octanol–water partition coefficient (Wildman–Crippen LogP) is 3.25. The van der Waals surface area contributed by atoms with E-state index in [1.807, 2.05) is 31.2 Å². The molecule has 28 heavy (non-hydrogen) atoms. The Hall–Kier alpha value is -3.74. The fourth-order valence-electron chi connectivity index (χ4n) is 2.45. The van der Waals surface area contributed by atoms with Crippen LogP contribution < -0.4 is 10.6 Å². The average molecular weight is 376 g/mol. The van der Waals surface area contributed by atoms with Crippen LogP contribution in [0.15, 0.2) is 60.7 Å². The minimum atomic E-state index is -0.396. The number of aryl methyl sites for hydroxylation is 1. The summed E-state index contributed by atoms with van der Waals surface area (Å²) in [5.41, 5.74) is 3.61. The molecule has 7 nitrogen and oxygen atoms in total. The van der Waals surface area contributed by atoms with Gasteiger partial charge in [0.1, 0.15) is 0 Å². The molecule has 2 aromatic carbocycles. The number of benzene rings is 2. The van der Waals surface area contributed by atoms with E-state index in [4.69, 9.17) is 0 Å². The summed E-state index contributed by atoms with van der Waals surface area (Å²) >= 11 is 0. The highest BCUT2D eigenvalue weighted by atomic mass is 16.5. The lowest BCUT2D eigenvalue weighted by Crippen LogP contribution is -2.24. The maximum atomic E-state index is 12.2. The van der Waals surface area contributed by atoms with Gasteiger partial charge in [-0.15, -0.1) is 10.2 Å². The highest BCUT2D eigenvalue weighted by molar-refractivity contribution is 5.92. The van der Waals surface area contributed by atoms with Crippen LogP contribution in [0.4, 0.5) is 11.5 Å². The predicted molar refractivity (Wildman–Crippen MR) is 105 cm³/mol. The van der Waals surface area contributed by atoms with Crippen LogP contribution in [0.25, 0.3) is 0 Å². The minimum absolute atomic E-state index is 0.235. The Kier molecular flexibility index (Phi) is 5.96. The van der Waals surface area contributed by atoms with Crippen molar-refractivity contribution < 1.29 is 14.3 Å². The molecular formula is C21H20N4O3. The smallest absolute Gasteiger partial charge is 0.337 e. The second kappa shape index (κ2) is 8.77. The summed E-state index contributed by atoms with van der Waals surface area (Å²) in [5.74, 6) is -0.199. The first-order valence-electron chi connectivity index (χ1n) is 8.68. The van der Waals surface area contributed by atoms with Crippen molar-refractivity contribution in [2.24, 2.45) is 0 Å². The van der Waals surface area contributed by atoms with E-state index in [1.54, 1.807) is 36.4 Å². The van der Waals surface area contributed by atoms with Crippen LogP contribution in [0.2, 0.25) is 0 Å². The van der Waals surface area contributed by atoms with Crippen molar-refractivity contribution in [2.45, 2.75) is 13.5 Å². The van der Waals surface area contributed by atoms with Gasteiger partial charge in [-0.2, -0.15) is 0 Å². The van der Waals surface area contributed by atoms with E-state index >= 15 is 0 Å². The fraction of sp³-hybridized carbons (Fsp3) is 0.143. The molecule has 3 aromatic rings. The second-order valence-electron chi connectivity index (χ2n) is 6.17. The number of aromatic nitrogens is 2. The molecule has 2 N–H and O–H groups in total. The van der Waals surface area contributed by atoms with Gasteiger partial charge in [-0.1, -0.05) is 29.8 Å². The van der Waals surface area contributed by atoms with Gasteiger partial charge in [0.2, 0.25) is 0 Å². The first-order valence-corrected chi connectivity index (χ1v) is 8.68. The monoisotopic (exact) mass is 376 g/mol. The number of rotatable bonds is 6. The first-order chi connectivity index (χ1) is 13.5. The molecule has 0 atom stereocenters. The maximum absolute atomic E-state index is 12.2. The van der Waals surface area contributed by atoms with Crippen LogP contribution in [-0.2, 0) is 11.3 Å². The Morgan fingerprint density at radius 1 is 0.929 bits per heavy atom. The van der Waals surface area contributed by atoms with Crippen LogP contribution in [0, 0.1) is 6.92 Å². The Bertz CT molecular complexity index is 952. The Morgan fingerprint density at radius 2 is 1.64 bits per heavy atom. The normalized spacial score (nSPS) is 10.2. The minimum Gasteiger partial charge on any atom is -0.465 e. The molecule has 0 spiro atoms. The third kappa shape index (κ3) is 4.91. The fourth-order valence-corrected chi connectivity index (χ4v) is 2.45. The first kappa shape index (κ1) is 19.0. The van der Waals surface area contributed by atoms with E-state index in [0.717, 1.165) is 11.3 Å². The van der Waals surface area contributed by atoms with Crippen LogP contribution in [0.5, 0.6) is 0 Å². The molecule has 1 amide bonds. The average Bonchev–Trinajstić information content (AvgIpc) is 2.73. The van der Waals surface area contributed by atoms with Gasteiger partial charge in [0.25, 0.3) is 5.91 Å². The number of carbonyl (C=O) groups is 2. The summed E-state index contributed by atoms with van der Waals surface area (Å²) in [6.45, 7) is 2.44. The molecule has 0 saturated heterocycles. The van der Waals surface area contributed by atoms with E-state index in [1.165, 1.54) is 12.7 Å². The molecule has 0 aliphatic rings. The molecule has 0 radical (unpaired) electrons. The van der Waals surface area contributed by atoms with Crippen LogP contribution >= 0.6 is 0 Å². The van der Waals surface area contributed by atoms with Gasteiger partial charge in [0.05, 0.1) is 12.7 Å². The number of anilines is 2. The van der Waals surface area contributed by atoms with E-state index in [9.17, 15) is 9.59 Å². The molecule has 7 heteroatoms. The van der Waals surface area contributed by atoms with Crippen LogP contribution in [0.3, 0.4) is 0 Å². The van der Waals surface area contributed by atoms with Crippen LogP contribution in [-0.4, -0.2) is 29.2 Å². The highest BCUT2D eigenvalue weighted by Crippen LogP contribution is 2.15. The summed E-state index contributed by atoms with van der Waals surface area (Å²) in [5, 5.41) is 13.9. The van der Waals surface area contributed by atoms with Crippen molar-refractivity contribution >= 4 is 23.4 Å². The standard InChI is InChI=1S/C21H20N4O3/c1-14-3-5-15(6-4-14)13-22-20(26)18-11-12-19(25-24-18)23-17-9-7-16(8-10-17)21(27)28-2/h3-12H,13H2,1-2H3,(H,22,26)(H,23,25). The van der Waals surface area contributed by atoms with Crippen molar-refractivity contribution in [3.8, 4) is 0 Å². The molecule has 0 saturated carbocycles. The number of hydrogen-bond acceptors (Lipinski definition) is 6. The zero-order chi connectivity index (χ0) is 19.9. The van der Waals surface area contributed by atoms with Gasteiger partial charge in [-0.25, -0.2) is 4.79 Å². The Balaban J connectivity index is 1.57. The maximum Gasteiger partial charge on any atom is 0.337 e. The van der Waals surface area contributed by atoms with Crippen LogP contribution in [0.1, 0.15) is 32.0 Å². The number of nitrogens with zero attached hydrogens (tertiary/aromatic N) is 2. The summed E-state index contributed by atoms with van der Waals surface area (Å²) in [7, 11) is 1.34. The van der Waals surface area contributed by atoms with Gasteiger partial charge < -0.3 is 15.4 Å².